The Kier molecular flexibility index (Phi) is 6.79. The van der Waals surface area contributed by atoms with Crippen molar-refractivity contribution >= 4 is 29.2 Å². The summed E-state index contributed by atoms with van der Waals surface area (Å²) in [5, 5.41) is 3.65. The Balaban J connectivity index is 1.23. The highest BCUT2D eigenvalue weighted by Gasteiger charge is 2.32. The van der Waals surface area contributed by atoms with Crippen molar-refractivity contribution < 1.29 is 14.3 Å². The van der Waals surface area contributed by atoms with Crippen LogP contribution in [0.15, 0.2) is 30.3 Å². The zero-order chi connectivity index (χ0) is 22.7. The van der Waals surface area contributed by atoms with E-state index in [1.54, 1.807) is 21.9 Å². The lowest BCUT2D eigenvalue weighted by Gasteiger charge is -2.29. The quantitative estimate of drug-likeness (QED) is 0.717. The Morgan fingerprint density at radius 3 is 2.53 bits per heavy atom. The Bertz CT molecular complexity index is 973. The van der Waals surface area contributed by atoms with Gasteiger partial charge in [-0.3, -0.25) is 9.69 Å². The Hall–Kier alpha value is -2.87. The van der Waals surface area contributed by atoms with Crippen molar-refractivity contribution in [2.24, 2.45) is 0 Å². The molecule has 1 aromatic carbocycles. The standard InChI is InChI=1S/C23H28ClN5O3/c1-15-12-16(2)26-22(25-15)32-20-8-6-18(7-9-20)27-21(30)14-28-10-11-29(23(28)31)19-5-3-4-17(24)13-19/h3-5,12-13,18,20H,6-11,14H2,1-2H3,(H,27,30). The van der Waals surface area contributed by atoms with Gasteiger partial charge in [-0.2, -0.15) is 0 Å². The van der Waals surface area contributed by atoms with Crippen LogP contribution >= 0.6 is 11.6 Å². The molecule has 0 unspecified atom stereocenters. The third-order valence-corrected chi connectivity index (χ3v) is 6.06. The molecule has 0 spiro atoms. The maximum Gasteiger partial charge on any atom is 0.325 e. The topological polar surface area (TPSA) is 87.7 Å². The zero-order valence-electron chi connectivity index (χ0n) is 18.4. The van der Waals surface area contributed by atoms with Gasteiger partial charge in [0.2, 0.25) is 5.91 Å². The van der Waals surface area contributed by atoms with E-state index in [2.05, 4.69) is 15.3 Å². The molecule has 32 heavy (non-hydrogen) atoms. The van der Waals surface area contributed by atoms with Crippen LogP contribution in [0, 0.1) is 13.8 Å². The molecule has 2 heterocycles. The molecule has 1 saturated heterocycles. The Morgan fingerprint density at radius 1 is 1.12 bits per heavy atom. The van der Waals surface area contributed by atoms with Gasteiger partial charge in [0.25, 0.3) is 0 Å². The van der Waals surface area contributed by atoms with E-state index in [9.17, 15) is 9.59 Å². The lowest BCUT2D eigenvalue weighted by Crippen LogP contribution is -2.45. The molecule has 2 aliphatic rings. The van der Waals surface area contributed by atoms with Crippen LogP contribution in [0.3, 0.4) is 0 Å². The lowest BCUT2D eigenvalue weighted by molar-refractivity contribution is -0.122. The smallest absolute Gasteiger partial charge is 0.325 e. The number of rotatable bonds is 6. The Morgan fingerprint density at radius 2 is 1.84 bits per heavy atom. The molecule has 170 valence electrons. The van der Waals surface area contributed by atoms with Crippen molar-refractivity contribution in [2.45, 2.75) is 51.7 Å². The van der Waals surface area contributed by atoms with Gasteiger partial charge in [0.15, 0.2) is 0 Å². The van der Waals surface area contributed by atoms with Crippen molar-refractivity contribution in [3.63, 3.8) is 0 Å². The van der Waals surface area contributed by atoms with E-state index in [1.807, 2.05) is 32.0 Å². The molecule has 9 heteroatoms. The molecule has 8 nitrogen and oxygen atoms in total. The minimum Gasteiger partial charge on any atom is -0.460 e. The van der Waals surface area contributed by atoms with Crippen molar-refractivity contribution in [2.75, 3.05) is 24.5 Å². The summed E-state index contributed by atoms with van der Waals surface area (Å²) in [6.07, 6.45) is 3.35. The first-order valence-corrected chi connectivity index (χ1v) is 11.4. The van der Waals surface area contributed by atoms with Gasteiger partial charge in [-0.1, -0.05) is 17.7 Å². The van der Waals surface area contributed by atoms with Crippen LogP contribution in [0.2, 0.25) is 5.02 Å². The summed E-state index contributed by atoms with van der Waals surface area (Å²) >= 11 is 6.04. The van der Waals surface area contributed by atoms with E-state index in [0.717, 1.165) is 42.8 Å². The number of urea groups is 1. The van der Waals surface area contributed by atoms with Gasteiger partial charge < -0.3 is 15.0 Å². The number of benzene rings is 1. The van der Waals surface area contributed by atoms with Crippen molar-refractivity contribution in [3.05, 3.63) is 46.7 Å². The first-order valence-electron chi connectivity index (χ1n) is 11.0. The fraction of sp³-hybridized carbons (Fsp3) is 0.478. The maximum absolute atomic E-state index is 12.7. The largest absolute Gasteiger partial charge is 0.460 e. The SMILES string of the molecule is Cc1cc(C)nc(OC2CCC(NC(=O)CN3CCN(c4cccc(Cl)c4)C3=O)CC2)n1. The van der Waals surface area contributed by atoms with Gasteiger partial charge in [0, 0.05) is 41.2 Å². The monoisotopic (exact) mass is 457 g/mol. The molecule has 1 N–H and O–H groups in total. The van der Waals surface area contributed by atoms with Crippen LogP contribution < -0.4 is 15.0 Å². The number of amides is 3. The first kappa shape index (κ1) is 22.3. The molecule has 2 fully saturated rings. The average Bonchev–Trinajstić information content (AvgIpc) is 3.09. The van der Waals surface area contributed by atoms with Gasteiger partial charge in [-0.25, -0.2) is 14.8 Å². The van der Waals surface area contributed by atoms with E-state index in [1.165, 1.54) is 0 Å². The lowest BCUT2D eigenvalue weighted by atomic mass is 9.93. The minimum atomic E-state index is -0.173. The number of carbonyl (C=O) groups is 2. The number of anilines is 1. The number of hydrogen-bond donors (Lipinski definition) is 1. The van der Waals surface area contributed by atoms with E-state index < -0.39 is 0 Å². The summed E-state index contributed by atoms with van der Waals surface area (Å²) in [6, 6.07) is 9.43. The first-order chi connectivity index (χ1) is 15.4. The number of nitrogens with zero attached hydrogens (tertiary/aromatic N) is 4. The zero-order valence-corrected chi connectivity index (χ0v) is 19.1. The van der Waals surface area contributed by atoms with E-state index in [0.29, 0.717) is 24.1 Å². The summed E-state index contributed by atoms with van der Waals surface area (Å²) in [7, 11) is 0. The number of hydrogen-bond acceptors (Lipinski definition) is 5. The summed E-state index contributed by atoms with van der Waals surface area (Å²) < 4.78 is 5.95. The van der Waals surface area contributed by atoms with Crippen molar-refractivity contribution in [1.29, 1.82) is 0 Å². The normalized spacial score (nSPS) is 21.0. The highest BCUT2D eigenvalue weighted by molar-refractivity contribution is 6.30. The van der Waals surface area contributed by atoms with E-state index in [4.69, 9.17) is 16.3 Å². The van der Waals surface area contributed by atoms with Crippen LogP contribution in [0.5, 0.6) is 6.01 Å². The van der Waals surface area contributed by atoms with Crippen LogP contribution in [0.4, 0.5) is 10.5 Å². The van der Waals surface area contributed by atoms with Crippen LogP contribution in [-0.2, 0) is 4.79 Å². The number of aromatic nitrogens is 2. The van der Waals surface area contributed by atoms with Gasteiger partial charge in [0.05, 0.1) is 0 Å². The third-order valence-electron chi connectivity index (χ3n) is 5.82. The molecule has 2 aromatic rings. The van der Waals surface area contributed by atoms with Crippen LogP contribution in [0.25, 0.3) is 0 Å². The fourth-order valence-electron chi connectivity index (χ4n) is 4.28. The molecule has 0 bridgehead atoms. The molecule has 3 amide bonds. The van der Waals surface area contributed by atoms with Crippen molar-refractivity contribution in [1.82, 2.24) is 20.2 Å². The maximum atomic E-state index is 12.7. The predicted octanol–water partition coefficient (Wildman–Crippen LogP) is 3.50. The van der Waals surface area contributed by atoms with Crippen molar-refractivity contribution in [3.8, 4) is 6.01 Å². The molecule has 0 radical (unpaired) electrons. The summed E-state index contributed by atoms with van der Waals surface area (Å²) in [5.41, 5.74) is 2.52. The highest BCUT2D eigenvalue weighted by Crippen LogP contribution is 2.24. The van der Waals surface area contributed by atoms with Gasteiger partial charge in [-0.05, 0) is 63.8 Å². The molecular weight excluding hydrogens is 430 g/mol. The second kappa shape index (κ2) is 9.73. The van der Waals surface area contributed by atoms with Crippen LogP contribution in [0.1, 0.15) is 37.1 Å². The molecule has 1 aliphatic carbocycles. The third kappa shape index (κ3) is 5.48. The number of aryl methyl sites for hydroxylation is 2. The van der Waals surface area contributed by atoms with E-state index >= 15 is 0 Å². The summed E-state index contributed by atoms with van der Waals surface area (Å²) in [5.74, 6) is -0.131. The van der Waals surface area contributed by atoms with Crippen LogP contribution in [-0.4, -0.2) is 58.6 Å². The number of ether oxygens (including phenoxy) is 1. The summed E-state index contributed by atoms with van der Waals surface area (Å²) in [6.45, 7) is 4.95. The van der Waals surface area contributed by atoms with E-state index in [-0.39, 0.29) is 30.6 Å². The van der Waals surface area contributed by atoms with Gasteiger partial charge in [-0.15, -0.1) is 0 Å². The Labute approximate surface area is 192 Å². The predicted molar refractivity (Wildman–Crippen MR) is 122 cm³/mol. The second-order valence-electron chi connectivity index (χ2n) is 8.43. The highest BCUT2D eigenvalue weighted by atomic mass is 35.5. The molecule has 4 rings (SSSR count). The summed E-state index contributed by atoms with van der Waals surface area (Å²) in [4.78, 5) is 37.2. The molecule has 1 aliphatic heterocycles. The molecule has 1 aromatic heterocycles. The fourth-order valence-corrected chi connectivity index (χ4v) is 4.46. The number of carbonyl (C=O) groups excluding carboxylic acids is 2. The molecule has 1 saturated carbocycles. The average molecular weight is 458 g/mol. The minimum absolute atomic E-state index is 0.0516. The number of nitrogens with one attached hydrogen (secondary N) is 1. The van der Waals surface area contributed by atoms with Gasteiger partial charge >= 0.3 is 12.0 Å². The second-order valence-corrected chi connectivity index (χ2v) is 8.86. The molecule has 0 atom stereocenters. The molecular formula is C23H28ClN5O3. The number of halogens is 1. The van der Waals surface area contributed by atoms with Gasteiger partial charge in [0.1, 0.15) is 12.6 Å².